The highest BCUT2D eigenvalue weighted by Gasteiger charge is 2.23. The van der Waals surface area contributed by atoms with Crippen LogP contribution in [0.3, 0.4) is 0 Å². The molecule has 5 aromatic rings. The monoisotopic (exact) mass is 632 g/mol. The standard InChI is InChI=1S/C34H33FN2O5S2/c1-41-34-23-28-30(24-31(34)38)36-19-18-32(28)42-33-17-16-27(22-29(33)35)37(43(39)20-8-14-25-10-4-2-5-11-25)44(40)21-9-15-26-12-6-3-7-13-26/h2-7,10-13,16-19,22-24,38H,8-9,14-15,20-21H2,1H3. The Kier molecular flexibility index (Phi) is 10.6. The number of phenols is 1. The zero-order valence-corrected chi connectivity index (χ0v) is 25.9. The van der Waals surface area contributed by atoms with E-state index < -0.39 is 27.8 Å². The Bertz CT molecular complexity index is 1700. The number of ether oxygens (including phenoxy) is 2. The zero-order chi connectivity index (χ0) is 30.9. The number of rotatable bonds is 14. The number of halogens is 1. The summed E-state index contributed by atoms with van der Waals surface area (Å²) in [5.74, 6) is 0.239. The molecule has 44 heavy (non-hydrogen) atoms. The van der Waals surface area contributed by atoms with Gasteiger partial charge in [-0.3, -0.25) is 4.98 Å². The van der Waals surface area contributed by atoms with Crippen molar-refractivity contribution in [3.05, 3.63) is 120 Å². The third-order valence-electron chi connectivity index (χ3n) is 6.97. The van der Waals surface area contributed by atoms with Gasteiger partial charge in [0.05, 0.1) is 18.3 Å². The quantitative estimate of drug-likeness (QED) is 0.138. The molecule has 0 aliphatic rings. The van der Waals surface area contributed by atoms with E-state index >= 15 is 4.39 Å². The summed E-state index contributed by atoms with van der Waals surface area (Å²) in [6.45, 7) is 0. The molecular formula is C34H33FN2O5S2. The second kappa shape index (κ2) is 14.9. The van der Waals surface area contributed by atoms with E-state index in [1.807, 2.05) is 60.7 Å². The molecule has 2 unspecified atom stereocenters. The SMILES string of the molecule is COc1cc2c(Oc3ccc(N(S(=O)CCCc4ccccc4)S(=O)CCCc4ccccc4)cc3F)ccnc2cc1O. The second-order valence-corrected chi connectivity index (χ2v) is 13.1. The Morgan fingerprint density at radius 1 is 0.773 bits per heavy atom. The smallest absolute Gasteiger partial charge is 0.167 e. The number of hydrogen-bond acceptors (Lipinski definition) is 6. The average molecular weight is 633 g/mol. The van der Waals surface area contributed by atoms with E-state index in [2.05, 4.69) is 4.98 Å². The topological polar surface area (TPSA) is 89.0 Å². The molecule has 0 spiro atoms. The van der Waals surface area contributed by atoms with E-state index in [1.54, 1.807) is 18.2 Å². The lowest BCUT2D eigenvalue weighted by molar-refractivity contribution is 0.374. The fraction of sp³-hybridized carbons (Fsp3) is 0.206. The van der Waals surface area contributed by atoms with Crippen LogP contribution in [-0.2, 0) is 34.8 Å². The maximum Gasteiger partial charge on any atom is 0.167 e. The third kappa shape index (κ3) is 7.81. The number of aromatic nitrogens is 1. The number of nitrogens with zero attached hydrogens (tertiary/aromatic N) is 2. The van der Waals surface area contributed by atoms with Gasteiger partial charge in [-0.05, 0) is 61.1 Å². The van der Waals surface area contributed by atoms with Gasteiger partial charge in [0.1, 0.15) is 27.7 Å². The van der Waals surface area contributed by atoms with Crippen molar-refractivity contribution in [1.29, 1.82) is 0 Å². The van der Waals surface area contributed by atoms with Crippen LogP contribution in [0.25, 0.3) is 10.9 Å². The van der Waals surface area contributed by atoms with Crippen molar-refractivity contribution < 1.29 is 27.4 Å². The van der Waals surface area contributed by atoms with Crippen LogP contribution in [0, 0.1) is 5.82 Å². The number of aryl methyl sites for hydroxylation is 2. The van der Waals surface area contributed by atoms with Gasteiger partial charge in [-0.2, -0.15) is 0 Å². The van der Waals surface area contributed by atoms with E-state index in [9.17, 15) is 13.5 Å². The summed E-state index contributed by atoms with van der Waals surface area (Å²) in [7, 11) is -1.89. The van der Waals surface area contributed by atoms with Gasteiger partial charge in [0.25, 0.3) is 0 Å². The van der Waals surface area contributed by atoms with E-state index in [1.165, 1.54) is 35.2 Å². The largest absolute Gasteiger partial charge is 0.504 e. The number of phenolic OH excluding ortho intramolecular Hbond substituents is 1. The molecule has 1 N–H and O–H groups in total. The summed E-state index contributed by atoms with van der Waals surface area (Å²) in [6.07, 6.45) is 4.18. The molecule has 1 aromatic heterocycles. The number of benzene rings is 4. The minimum atomic E-state index is -1.66. The van der Waals surface area contributed by atoms with Crippen LogP contribution in [0.5, 0.6) is 23.0 Å². The maximum atomic E-state index is 15.5. The molecule has 7 nitrogen and oxygen atoms in total. The van der Waals surface area contributed by atoms with Gasteiger partial charge >= 0.3 is 0 Å². The van der Waals surface area contributed by atoms with Crippen molar-refractivity contribution in [1.82, 2.24) is 4.98 Å². The molecule has 1 heterocycles. The molecule has 0 fully saturated rings. The van der Waals surface area contributed by atoms with Crippen molar-refractivity contribution in [2.75, 3.05) is 22.3 Å². The van der Waals surface area contributed by atoms with Crippen LogP contribution in [0.4, 0.5) is 10.1 Å². The molecule has 10 heteroatoms. The first kappa shape index (κ1) is 31.2. The van der Waals surface area contributed by atoms with E-state index in [0.29, 0.717) is 29.5 Å². The van der Waals surface area contributed by atoms with Crippen molar-refractivity contribution >= 4 is 38.6 Å². The predicted octanol–water partition coefficient (Wildman–Crippen LogP) is 7.28. The van der Waals surface area contributed by atoms with Crippen molar-refractivity contribution in [3.63, 3.8) is 0 Å². The number of aromatic hydroxyl groups is 1. The molecule has 0 saturated carbocycles. The lowest BCUT2D eigenvalue weighted by Crippen LogP contribution is -2.31. The Morgan fingerprint density at radius 2 is 1.39 bits per heavy atom. The first-order valence-electron chi connectivity index (χ1n) is 14.2. The van der Waals surface area contributed by atoms with Gasteiger partial charge in [-0.1, -0.05) is 60.7 Å². The molecule has 0 saturated heterocycles. The summed E-state index contributed by atoms with van der Waals surface area (Å²) in [4.78, 5) is 4.24. The van der Waals surface area contributed by atoms with Gasteiger partial charge in [0.2, 0.25) is 0 Å². The van der Waals surface area contributed by atoms with Crippen LogP contribution < -0.4 is 13.2 Å². The molecule has 0 aliphatic heterocycles. The molecule has 0 aliphatic carbocycles. The average Bonchev–Trinajstić information content (AvgIpc) is 3.03. The highest BCUT2D eigenvalue weighted by molar-refractivity contribution is 8.04. The maximum absolute atomic E-state index is 15.5. The Labute approximate surface area is 261 Å². The first-order valence-corrected chi connectivity index (χ1v) is 16.8. The van der Waals surface area contributed by atoms with Gasteiger partial charge < -0.3 is 14.6 Å². The third-order valence-corrected chi connectivity index (χ3v) is 10.4. The number of anilines is 1. The molecule has 0 amide bonds. The summed E-state index contributed by atoms with van der Waals surface area (Å²) in [6, 6.07) is 28.6. The molecule has 4 aromatic carbocycles. The van der Waals surface area contributed by atoms with Crippen LogP contribution >= 0.6 is 0 Å². The van der Waals surface area contributed by atoms with Crippen LogP contribution in [0.2, 0.25) is 0 Å². The van der Waals surface area contributed by atoms with Gasteiger partial charge in [0.15, 0.2) is 23.1 Å². The van der Waals surface area contributed by atoms with Crippen LogP contribution in [0.1, 0.15) is 24.0 Å². The molecule has 5 rings (SSSR count). The lowest BCUT2D eigenvalue weighted by atomic mass is 10.1. The molecule has 0 bridgehead atoms. The lowest BCUT2D eigenvalue weighted by Gasteiger charge is -2.23. The van der Waals surface area contributed by atoms with Crippen molar-refractivity contribution in [2.45, 2.75) is 25.7 Å². The Hall–Kier alpha value is -4.28. The van der Waals surface area contributed by atoms with Crippen molar-refractivity contribution in [3.8, 4) is 23.0 Å². The molecule has 228 valence electrons. The van der Waals surface area contributed by atoms with E-state index in [-0.39, 0.29) is 34.4 Å². The molecular weight excluding hydrogens is 600 g/mol. The number of methoxy groups -OCH3 is 1. The number of pyridine rings is 1. The van der Waals surface area contributed by atoms with Gasteiger partial charge in [-0.25, -0.2) is 16.5 Å². The summed E-state index contributed by atoms with van der Waals surface area (Å²) < 4.78 is 55.2. The fourth-order valence-corrected chi connectivity index (χ4v) is 7.78. The molecule has 2 atom stereocenters. The molecule has 0 radical (unpaired) electrons. The van der Waals surface area contributed by atoms with Gasteiger partial charge in [-0.15, -0.1) is 0 Å². The Balaban J connectivity index is 1.35. The van der Waals surface area contributed by atoms with Crippen molar-refractivity contribution in [2.24, 2.45) is 0 Å². The van der Waals surface area contributed by atoms with Gasteiger partial charge in [0, 0.05) is 35.2 Å². The summed E-state index contributed by atoms with van der Waals surface area (Å²) in [5.41, 5.74) is 2.95. The predicted molar refractivity (Wildman–Crippen MR) is 174 cm³/mol. The highest BCUT2D eigenvalue weighted by atomic mass is 32.3. The summed E-state index contributed by atoms with van der Waals surface area (Å²) in [5, 5.41) is 10.6. The van der Waals surface area contributed by atoms with E-state index in [4.69, 9.17) is 9.47 Å². The first-order chi connectivity index (χ1) is 21.4. The zero-order valence-electron chi connectivity index (χ0n) is 24.2. The highest BCUT2D eigenvalue weighted by Crippen LogP contribution is 2.37. The summed E-state index contributed by atoms with van der Waals surface area (Å²) >= 11 is 0. The number of hydrogen-bond donors (Lipinski definition) is 1. The number of fused-ring (bicyclic) bond motifs is 1. The second-order valence-electron chi connectivity index (χ2n) is 10.1. The Morgan fingerprint density at radius 3 is 1.95 bits per heavy atom. The van der Waals surface area contributed by atoms with Crippen LogP contribution in [-0.4, -0.2) is 37.1 Å². The van der Waals surface area contributed by atoms with E-state index in [0.717, 1.165) is 24.0 Å². The minimum Gasteiger partial charge on any atom is -0.504 e. The minimum absolute atomic E-state index is 0.0713. The normalized spacial score (nSPS) is 12.5. The van der Waals surface area contributed by atoms with Crippen LogP contribution in [0.15, 0.2) is 103 Å². The fourth-order valence-electron chi connectivity index (χ4n) is 4.78.